The molecule has 3 aromatic rings. The fourth-order valence-electron chi connectivity index (χ4n) is 3.69. The van der Waals surface area contributed by atoms with Gasteiger partial charge in [0.2, 0.25) is 0 Å². The van der Waals surface area contributed by atoms with Gasteiger partial charge in [-0.2, -0.15) is 8.78 Å². The van der Waals surface area contributed by atoms with Gasteiger partial charge in [0, 0.05) is 17.0 Å². The van der Waals surface area contributed by atoms with Crippen molar-refractivity contribution in [2.75, 3.05) is 13.7 Å². The Kier molecular flexibility index (Phi) is 5.49. The molecular formula is C22H19F2NO3S. The molecular weight excluding hydrogens is 396 g/mol. The second-order valence-corrected chi connectivity index (χ2v) is 7.61. The number of alkyl halides is 2. The third-order valence-corrected chi connectivity index (χ3v) is 5.97. The fraction of sp³-hybridized carbons (Fsp3) is 0.227. The van der Waals surface area contributed by atoms with E-state index in [4.69, 9.17) is 4.74 Å². The van der Waals surface area contributed by atoms with Crippen LogP contribution in [0.4, 0.5) is 8.78 Å². The Morgan fingerprint density at radius 1 is 1.14 bits per heavy atom. The zero-order valence-corrected chi connectivity index (χ0v) is 16.5. The lowest BCUT2D eigenvalue weighted by molar-refractivity contribution is -0.0512. The van der Waals surface area contributed by atoms with Crippen molar-refractivity contribution in [1.82, 2.24) is 4.90 Å². The smallest absolute Gasteiger partial charge is 0.387 e. The van der Waals surface area contributed by atoms with Gasteiger partial charge in [-0.15, -0.1) is 11.3 Å². The van der Waals surface area contributed by atoms with Crippen LogP contribution in [0.5, 0.6) is 11.5 Å². The number of halogens is 2. The van der Waals surface area contributed by atoms with E-state index in [2.05, 4.69) is 10.8 Å². The van der Waals surface area contributed by atoms with Gasteiger partial charge in [0.25, 0.3) is 5.91 Å². The summed E-state index contributed by atoms with van der Waals surface area (Å²) in [5.41, 5.74) is 2.53. The van der Waals surface area contributed by atoms with Crippen LogP contribution in [-0.2, 0) is 6.42 Å². The Morgan fingerprint density at radius 2 is 1.93 bits per heavy atom. The number of methoxy groups -OCH3 is 1. The number of ether oxygens (including phenoxy) is 2. The number of rotatable bonds is 5. The topological polar surface area (TPSA) is 38.8 Å². The lowest BCUT2D eigenvalue weighted by Crippen LogP contribution is -2.40. The largest absolute Gasteiger partial charge is 0.493 e. The van der Waals surface area contributed by atoms with Crippen molar-refractivity contribution >= 4 is 17.2 Å². The van der Waals surface area contributed by atoms with Gasteiger partial charge in [-0.1, -0.05) is 30.3 Å². The molecule has 0 fully saturated rings. The molecule has 0 radical (unpaired) electrons. The summed E-state index contributed by atoms with van der Waals surface area (Å²) >= 11 is 1.70. The van der Waals surface area contributed by atoms with Crippen molar-refractivity contribution in [1.29, 1.82) is 0 Å². The van der Waals surface area contributed by atoms with E-state index in [9.17, 15) is 13.6 Å². The van der Waals surface area contributed by atoms with Gasteiger partial charge in [0.1, 0.15) is 0 Å². The normalized spacial score (nSPS) is 15.9. The highest BCUT2D eigenvalue weighted by molar-refractivity contribution is 7.10. The second kappa shape index (κ2) is 8.21. The maximum Gasteiger partial charge on any atom is 0.387 e. The molecule has 0 aliphatic carbocycles. The number of thiophene rings is 1. The molecule has 150 valence electrons. The van der Waals surface area contributed by atoms with Crippen LogP contribution in [0.3, 0.4) is 0 Å². The number of carbonyl (C=O) groups is 1. The van der Waals surface area contributed by atoms with Gasteiger partial charge >= 0.3 is 6.61 Å². The molecule has 0 spiro atoms. The van der Waals surface area contributed by atoms with E-state index in [1.807, 2.05) is 40.6 Å². The summed E-state index contributed by atoms with van der Waals surface area (Å²) in [6, 6.07) is 16.0. The minimum Gasteiger partial charge on any atom is -0.493 e. The highest BCUT2D eigenvalue weighted by Gasteiger charge is 2.33. The first-order chi connectivity index (χ1) is 14.1. The number of amides is 1. The standard InChI is InChI=1S/C22H19F2NO3S/c1-27-18-13-15(7-8-17(18)28-22(23)24)21(26)25-11-9-19-16(10-12-29-19)20(25)14-5-3-2-4-6-14/h2-8,10,12-13,20,22H,9,11H2,1H3/t20-/m0/s1. The molecule has 0 bridgehead atoms. The number of hydrogen-bond donors (Lipinski definition) is 0. The summed E-state index contributed by atoms with van der Waals surface area (Å²) < 4.78 is 34.8. The van der Waals surface area contributed by atoms with Crippen molar-refractivity contribution in [3.63, 3.8) is 0 Å². The van der Waals surface area contributed by atoms with Crippen molar-refractivity contribution < 1.29 is 23.0 Å². The first kappa shape index (κ1) is 19.4. The first-order valence-corrected chi connectivity index (χ1v) is 10.0. The first-order valence-electron chi connectivity index (χ1n) is 9.13. The average Bonchev–Trinajstić information content (AvgIpc) is 3.22. The minimum absolute atomic E-state index is 0.0978. The minimum atomic E-state index is -2.97. The van der Waals surface area contributed by atoms with Gasteiger partial charge in [-0.05, 0) is 47.2 Å². The lowest BCUT2D eigenvalue weighted by atomic mass is 9.92. The molecule has 0 N–H and O–H groups in total. The van der Waals surface area contributed by atoms with E-state index in [1.54, 1.807) is 11.3 Å². The molecule has 0 saturated heterocycles. The van der Waals surface area contributed by atoms with E-state index in [0.29, 0.717) is 12.1 Å². The summed E-state index contributed by atoms with van der Waals surface area (Å²) in [7, 11) is 1.35. The Bertz CT molecular complexity index is 1010. The van der Waals surface area contributed by atoms with Crippen LogP contribution in [0.25, 0.3) is 0 Å². The molecule has 7 heteroatoms. The third kappa shape index (κ3) is 3.82. The summed E-state index contributed by atoms with van der Waals surface area (Å²) in [5, 5.41) is 2.05. The van der Waals surface area contributed by atoms with Gasteiger partial charge in [-0.3, -0.25) is 4.79 Å². The molecule has 0 unspecified atom stereocenters. The van der Waals surface area contributed by atoms with E-state index in [-0.39, 0.29) is 23.4 Å². The Morgan fingerprint density at radius 3 is 2.66 bits per heavy atom. The maximum atomic E-state index is 13.4. The van der Waals surface area contributed by atoms with Crippen LogP contribution in [-0.4, -0.2) is 31.1 Å². The van der Waals surface area contributed by atoms with Gasteiger partial charge in [-0.25, -0.2) is 0 Å². The molecule has 2 heterocycles. The van der Waals surface area contributed by atoms with Crippen molar-refractivity contribution in [3.05, 3.63) is 81.5 Å². The number of carbonyl (C=O) groups excluding carboxylic acids is 1. The summed E-state index contributed by atoms with van der Waals surface area (Å²) in [5.74, 6) is -0.185. The van der Waals surface area contributed by atoms with Crippen LogP contribution < -0.4 is 9.47 Å². The lowest BCUT2D eigenvalue weighted by Gasteiger charge is -2.36. The SMILES string of the molecule is COc1cc(C(=O)N2CCc3sccc3[C@@H]2c2ccccc2)ccc1OC(F)F. The average molecular weight is 415 g/mol. The quantitative estimate of drug-likeness (QED) is 0.579. The Labute approximate surface area is 171 Å². The Balaban J connectivity index is 1.70. The predicted octanol–water partition coefficient (Wildman–Crippen LogP) is 5.15. The van der Waals surface area contributed by atoms with Crippen LogP contribution in [0.15, 0.2) is 60.0 Å². The van der Waals surface area contributed by atoms with Crippen molar-refractivity contribution in [3.8, 4) is 11.5 Å². The highest BCUT2D eigenvalue weighted by atomic mass is 32.1. The van der Waals surface area contributed by atoms with E-state index >= 15 is 0 Å². The maximum absolute atomic E-state index is 13.4. The molecule has 0 saturated carbocycles. The van der Waals surface area contributed by atoms with Gasteiger partial charge in [0.05, 0.1) is 13.2 Å². The zero-order chi connectivity index (χ0) is 20.4. The molecule has 1 aliphatic heterocycles. The second-order valence-electron chi connectivity index (χ2n) is 6.61. The number of benzene rings is 2. The fourth-order valence-corrected chi connectivity index (χ4v) is 4.59. The molecule has 4 rings (SSSR count). The van der Waals surface area contributed by atoms with E-state index < -0.39 is 6.61 Å². The monoisotopic (exact) mass is 415 g/mol. The zero-order valence-electron chi connectivity index (χ0n) is 15.7. The van der Waals surface area contributed by atoms with Crippen LogP contribution >= 0.6 is 11.3 Å². The predicted molar refractivity (Wildman–Crippen MR) is 107 cm³/mol. The third-order valence-electron chi connectivity index (χ3n) is 4.97. The molecule has 2 aromatic carbocycles. The summed E-state index contributed by atoms with van der Waals surface area (Å²) in [6.07, 6.45) is 0.784. The molecule has 1 atom stereocenters. The van der Waals surface area contributed by atoms with Gasteiger partial charge < -0.3 is 14.4 Å². The van der Waals surface area contributed by atoms with Crippen LogP contribution in [0.1, 0.15) is 32.4 Å². The van der Waals surface area contributed by atoms with Crippen LogP contribution in [0, 0.1) is 0 Å². The van der Waals surface area contributed by atoms with Crippen molar-refractivity contribution in [2.24, 2.45) is 0 Å². The molecule has 4 nitrogen and oxygen atoms in total. The highest BCUT2D eigenvalue weighted by Crippen LogP contribution is 2.39. The molecule has 1 amide bonds. The molecule has 1 aliphatic rings. The van der Waals surface area contributed by atoms with Gasteiger partial charge in [0.15, 0.2) is 11.5 Å². The number of nitrogens with zero attached hydrogens (tertiary/aromatic N) is 1. The molecule has 29 heavy (non-hydrogen) atoms. The molecule has 1 aromatic heterocycles. The number of hydrogen-bond acceptors (Lipinski definition) is 4. The number of fused-ring (bicyclic) bond motifs is 1. The van der Waals surface area contributed by atoms with E-state index in [1.165, 1.54) is 30.2 Å². The Hall–Kier alpha value is -2.93. The van der Waals surface area contributed by atoms with E-state index in [0.717, 1.165) is 17.5 Å². The van der Waals surface area contributed by atoms with Crippen molar-refractivity contribution in [2.45, 2.75) is 19.1 Å². The van der Waals surface area contributed by atoms with Crippen LogP contribution in [0.2, 0.25) is 0 Å². The summed E-state index contributed by atoms with van der Waals surface area (Å²) in [6.45, 7) is -2.39. The summed E-state index contributed by atoms with van der Waals surface area (Å²) in [4.78, 5) is 16.5.